The number of halogens is 3. The van der Waals surface area contributed by atoms with E-state index in [1.54, 1.807) is 13.0 Å². The van der Waals surface area contributed by atoms with Crippen molar-refractivity contribution in [2.24, 2.45) is 0 Å². The molecule has 25 heavy (non-hydrogen) atoms. The van der Waals surface area contributed by atoms with Gasteiger partial charge in [-0.25, -0.2) is 4.98 Å². The number of aliphatic hydroxyl groups excluding tert-OH is 1. The quantitative estimate of drug-likeness (QED) is 0.845. The van der Waals surface area contributed by atoms with E-state index in [9.17, 15) is 18.3 Å². The van der Waals surface area contributed by atoms with Gasteiger partial charge in [-0.2, -0.15) is 13.2 Å². The minimum atomic E-state index is -4.52. The molecule has 1 aliphatic carbocycles. The van der Waals surface area contributed by atoms with Gasteiger partial charge in [-0.05, 0) is 43.9 Å². The van der Waals surface area contributed by atoms with Crippen molar-refractivity contribution < 1.29 is 22.7 Å². The van der Waals surface area contributed by atoms with Crippen LogP contribution in [0.15, 0.2) is 16.5 Å². The molecule has 1 aromatic carbocycles. The van der Waals surface area contributed by atoms with Crippen molar-refractivity contribution >= 4 is 11.1 Å². The van der Waals surface area contributed by atoms with Gasteiger partial charge in [-0.1, -0.05) is 13.8 Å². The lowest BCUT2D eigenvalue weighted by Gasteiger charge is -2.23. The first-order valence-electron chi connectivity index (χ1n) is 8.62. The van der Waals surface area contributed by atoms with Gasteiger partial charge in [0.15, 0.2) is 11.5 Å². The Balaban J connectivity index is 2.00. The number of aromatic nitrogens is 1. The number of fused-ring (bicyclic) bond motifs is 1. The maximum atomic E-state index is 13.5. The highest BCUT2D eigenvalue weighted by Gasteiger charge is 2.36. The van der Waals surface area contributed by atoms with Crippen LogP contribution in [-0.4, -0.2) is 22.2 Å². The van der Waals surface area contributed by atoms with Crippen LogP contribution in [0, 0.1) is 0 Å². The molecule has 0 aliphatic heterocycles. The van der Waals surface area contributed by atoms with Crippen LogP contribution in [0.25, 0.3) is 11.1 Å². The van der Waals surface area contributed by atoms with Crippen molar-refractivity contribution in [3.05, 3.63) is 29.2 Å². The fraction of sp³-hybridized carbons (Fsp3) is 0.611. The lowest BCUT2D eigenvalue weighted by Crippen LogP contribution is -2.37. The van der Waals surface area contributed by atoms with Crippen molar-refractivity contribution in [2.45, 2.75) is 70.3 Å². The van der Waals surface area contributed by atoms with Gasteiger partial charge in [0.05, 0.1) is 6.10 Å². The number of rotatable bonds is 4. The number of aliphatic hydroxyl groups is 1. The van der Waals surface area contributed by atoms with Gasteiger partial charge in [0.2, 0.25) is 0 Å². The van der Waals surface area contributed by atoms with Crippen molar-refractivity contribution in [3.63, 3.8) is 0 Å². The molecule has 0 radical (unpaired) electrons. The van der Waals surface area contributed by atoms with E-state index < -0.39 is 17.8 Å². The van der Waals surface area contributed by atoms with Crippen LogP contribution >= 0.6 is 0 Å². The highest BCUT2D eigenvalue weighted by atomic mass is 19.4. The molecule has 1 heterocycles. The molecule has 2 aromatic rings. The van der Waals surface area contributed by atoms with Gasteiger partial charge in [0.25, 0.3) is 0 Å². The van der Waals surface area contributed by atoms with Crippen LogP contribution in [0.3, 0.4) is 0 Å². The average molecular weight is 356 g/mol. The summed E-state index contributed by atoms with van der Waals surface area (Å²) < 4.78 is 45.9. The fourth-order valence-corrected chi connectivity index (χ4v) is 3.33. The van der Waals surface area contributed by atoms with E-state index in [4.69, 9.17) is 4.42 Å². The molecule has 138 valence electrons. The minimum Gasteiger partial charge on any atom is -0.440 e. The Morgan fingerprint density at radius 2 is 1.96 bits per heavy atom. The maximum absolute atomic E-state index is 13.5. The number of hydrogen-bond donors (Lipinski definition) is 2. The SMILES string of the molecule is CC(C)c1nc2cc([C@H](C)N[C@@H]3CCC[C@H]3O)cc(C(F)(F)F)c2o1. The minimum absolute atomic E-state index is 0.0939. The van der Waals surface area contributed by atoms with Crippen molar-refractivity contribution in [3.8, 4) is 0 Å². The summed E-state index contributed by atoms with van der Waals surface area (Å²) >= 11 is 0. The number of hydrogen-bond acceptors (Lipinski definition) is 4. The lowest BCUT2D eigenvalue weighted by atomic mass is 10.0. The predicted octanol–water partition coefficient (Wildman–Crippen LogP) is 4.53. The Kier molecular flexibility index (Phi) is 4.81. The maximum Gasteiger partial charge on any atom is 0.420 e. The van der Waals surface area contributed by atoms with Gasteiger partial charge in [-0.15, -0.1) is 0 Å². The second-order valence-corrected chi connectivity index (χ2v) is 7.11. The topological polar surface area (TPSA) is 58.3 Å². The van der Waals surface area contributed by atoms with Crippen LogP contribution in [0.1, 0.15) is 69.0 Å². The van der Waals surface area contributed by atoms with Crippen molar-refractivity contribution in [1.82, 2.24) is 10.3 Å². The smallest absolute Gasteiger partial charge is 0.420 e. The third kappa shape index (κ3) is 3.67. The number of alkyl halides is 3. The Labute approximate surface area is 144 Å². The van der Waals surface area contributed by atoms with Crippen LogP contribution < -0.4 is 5.32 Å². The van der Waals surface area contributed by atoms with Gasteiger partial charge in [-0.3, -0.25) is 0 Å². The summed E-state index contributed by atoms with van der Waals surface area (Å²) in [5, 5.41) is 13.2. The number of benzene rings is 1. The van der Waals surface area contributed by atoms with Crippen LogP contribution in [-0.2, 0) is 6.18 Å². The van der Waals surface area contributed by atoms with Gasteiger partial charge in [0, 0.05) is 18.0 Å². The lowest BCUT2D eigenvalue weighted by molar-refractivity contribution is -0.136. The zero-order valence-electron chi connectivity index (χ0n) is 14.5. The van der Waals surface area contributed by atoms with Gasteiger partial charge < -0.3 is 14.8 Å². The molecule has 0 saturated heterocycles. The summed E-state index contributed by atoms with van der Waals surface area (Å²) in [7, 11) is 0. The van der Waals surface area contributed by atoms with Gasteiger partial charge >= 0.3 is 6.18 Å². The summed E-state index contributed by atoms with van der Waals surface area (Å²) in [5.74, 6) is 0.200. The van der Waals surface area contributed by atoms with Crippen LogP contribution in [0.5, 0.6) is 0 Å². The largest absolute Gasteiger partial charge is 0.440 e. The molecule has 0 bridgehead atoms. The zero-order chi connectivity index (χ0) is 18.4. The van der Waals surface area contributed by atoms with E-state index in [1.165, 1.54) is 0 Å². The predicted molar refractivity (Wildman–Crippen MR) is 88.3 cm³/mol. The molecular formula is C18H23F3N2O2. The molecular weight excluding hydrogens is 333 g/mol. The van der Waals surface area contributed by atoms with E-state index >= 15 is 0 Å². The standard InChI is InChI=1S/C18H23F3N2O2/c1-9(2)17-23-14-8-11(7-12(16(14)25-17)18(19,20)21)10(3)22-13-5-4-6-15(13)24/h7-10,13,15,22,24H,4-6H2,1-3H3/t10-,13+,15+/m0/s1. The average Bonchev–Trinajstić information content (AvgIpc) is 3.11. The number of oxazole rings is 1. The third-order valence-corrected chi connectivity index (χ3v) is 4.77. The first kappa shape index (κ1) is 18.2. The Bertz CT molecular complexity index is 755. The van der Waals surface area contributed by atoms with E-state index in [-0.39, 0.29) is 29.1 Å². The second-order valence-electron chi connectivity index (χ2n) is 7.11. The van der Waals surface area contributed by atoms with E-state index in [0.29, 0.717) is 11.5 Å². The molecule has 1 saturated carbocycles. The molecule has 3 rings (SSSR count). The second kappa shape index (κ2) is 6.61. The highest BCUT2D eigenvalue weighted by molar-refractivity contribution is 5.78. The van der Waals surface area contributed by atoms with Crippen LogP contribution in [0.4, 0.5) is 13.2 Å². The normalized spacial score (nSPS) is 22.9. The molecule has 0 unspecified atom stereocenters. The molecule has 1 aromatic heterocycles. The molecule has 1 fully saturated rings. The molecule has 3 atom stereocenters. The monoisotopic (exact) mass is 356 g/mol. The van der Waals surface area contributed by atoms with Gasteiger partial charge in [0.1, 0.15) is 11.1 Å². The molecule has 0 spiro atoms. The number of nitrogens with one attached hydrogen (secondary N) is 1. The molecule has 1 aliphatic rings. The van der Waals surface area contributed by atoms with E-state index in [1.807, 2.05) is 13.8 Å². The fourth-order valence-electron chi connectivity index (χ4n) is 3.33. The first-order chi connectivity index (χ1) is 11.7. The summed E-state index contributed by atoms with van der Waals surface area (Å²) in [6.45, 7) is 5.45. The number of nitrogens with zero attached hydrogens (tertiary/aromatic N) is 1. The van der Waals surface area contributed by atoms with E-state index in [2.05, 4.69) is 10.3 Å². The Morgan fingerprint density at radius 3 is 2.52 bits per heavy atom. The van der Waals surface area contributed by atoms with Crippen molar-refractivity contribution in [1.29, 1.82) is 0 Å². The molecule has 7 heteroatoms. The molecule has 2 N–H and O–H groups in total. The van der Waals surface area contributed by atoms with Crippen molar-refractivity contribution in [2.75, 3.05) is 0 Å². The van der Waals surface area contributed by atoms with Crippen LogP contribution in [0.2, 0.25) is 0 Å². The Hall–Kier alpha value is -1.60. The summed E-state index contributed by atoms with van der Waals surface area (Å²) in [5.41, 5.74) is -0.315. The molecule has 0 amide bonds. The highest BCUT2D eigenvalue weighted by Crippen LogP contribution is 2.38. The first-order valence-corrected chi connectivity index (χ1v) is 8.62. The summed E-state index contributed by atoms with van der Waals surface area (Å²) in [6.07, 6.45) is -2.51. The Morgan fingerprint density at radius 1 is 1.24 bits per heavy atom. The van der Waals surface area contributed by atoms with E-state index in [0.717, 1.165) is 25.3 Å². The summed E-state index contributed by atoms with van der Waals surface area (Å²) in [6, 6.07) is 2.33. The zero-order valence-corrected chi connectivity index (χ0v) is 14.5. The summed E-state index contributed by atoms with van der Waals surface area (Å²) in [4.78, 5) is 4.23. The molecule has 4 nitrogen and oxygen atoms in total. The third-order valence-electron chi connectivity index (χ3n) is 4.77.